The number of fused-ring (bicyclic) bond motifs is 5. The van der Waals surface area contributed by atoms with Crippen molar-refractivity contribution in [1.29, 1.82) is 0 Å². The highest BCUT2D eigenvalue weighted by Gasteiger charge is 2.58. The lowest BCUT2D eigenvalue weighted by atomic mass is 9.48. The van der Waals surface area contributed by atoms with Gasteiger partial charge in [-0.1, -0.05) is 20.8 Å². The fourth-order valence-electron chi connectivity index (χ4n) is 8.42. The van der Waals surface area contributed by atoms with E-state index in [0.717, 1.165) is 61.3 Å². The first kappa shape index (κ1) is 18.3. The zero-order valence-electron chi connectivity index (χ0n) is 16.8. The minimum absolute atomic E-state index is 0.341. The van der Waals surface area contributed by atoms with Gasteiger partial charge in [0.2, 0.25) is 0 Å². The quantitative estimate of drug-likeness (QED) is 0.755. The summed E-state index contributed by atoms with van der Waals surface area (Å²) in [4.78, 5) is 0. The molecular formula is C23H41NO. The third-order valence-electron chi connectivity index (χ3n) is 9.89. The Bertz CT molecular complexity index is 492. The van der Waals surface area contributed by atoms with Gasteiger partial charge in [0, 0.05) is 0 Å². The minimum Gasteiger partial charge on any atom is -0.390 e. The Labute approximate surface area is 155 Å². The molecule has 4 fully saturated rings. The van der Waals surface area contributed by atoms with E-state index in [1.54, 1.807) is 0 Å². The number of hydrogen-bond acceptors (Lipinski definition) is 2. The Hall–Kier alpha value is -0.0800. The molecule has 0 aromatic rings. The lowest BCUT2D eigenvalue weighted by molar-refractivity contribution is -0.108. The molecule has 2 nitrogen and oxygen atoms in total. The zero-order chi connectivity index (χ0) is 17.8. The summed E-state index contributed by atoms with van der Waals surface area (Å²) in [5, 5.41) is 10.8. The normalized spacial score (nSPS) is 53.6. The van der Waals surface area contributed by atoms with Gasteiger partial charge in [-0.2, -0.15) is 0 Å². The van der Waals surface area contributed by atoms with Gasteiger partial charge in [0.25, 0.3) is 0 Å². The summed E-state index contributed by atoms with van der Waals surface area (Å²) in [7, 11) is 0. The number of rotatable bonds is 3. The van der Waals surface area contributed by atoms with E-state index < -0.39 is 0 Å². The minimum atomic E-state index is -0.341. The van der Waals surface area contributed by atoms with Crippen molar-refractivity contribution < 1.29 is 5.11 Å². The second kappa shape index (κ2) is 6.51. The van der Waals surface area contributed by atoms with Crippen LogP contribution in [0.1, 0.15) is 85.0 Å². The Balaban J connectivity index is 1.51. The zero-order valence-corrected chi connectivity index (χ0v) is 16.8. The molecule has 144 valence electrons. The second-order valence-corrected chi connectivity index (χ2v) is 10.7. The van der Waals surface area contributed by atoms with E-state index in [2.05, 4.69) is 20.8 Å². The highest BCUT2D eigenvalue weighted by Crippen LogP contribution is 2.65. The van der Waals surface area contributed by atoms with Crippen molar-refractivity contribution in [2.75, 3.05) is 6.54 Å². The predicted octanol–water partition coefficient (Wildman–Crippen LogP) is 4.99. The lowest BCUT2D eigenvalue weighted by Crippen LogP contribution is -2.51. The molecule has 4 aliphatic carbocycles. The maximum atomic E-state index is 10.8. The molecule has 4 unspecified atom stereocenters. The van der Waals surface area contributed by atoms with Crippen molar-refractivity contribution in [3.8, 4) is 0 Å². The smallest absolute Gasteiger partial charge is 0.0648 e. The van der Waals surface area contributed by atoms with E-state index in [1.807, 2.05) is 0 Å². The standard InChI is InChI=1S/C23H41NO/c1-4-23(25)12-10-17-16(13-23)5-6-19-18(17)9-11-22(3)20(15(2)14-24)7-8-21(19)22/h15-21,25H,4-14,24H2,1-3H3/t15?,16-,17+,18?,19-,20?,21?,22-,23-/m1/s1. The summed E-state index contributed by atoms with van der Waals surface area (Å²) in [6.45, 7) is 8.06. The van der Waals surface area contributed by atoms with Gasteiger partial charge in [-0.05, 0) is 118 Å². The fourth-order valence-corrected chi connectivity index (χ4v) is 8.42. The van der Waals surface area contributed by atoms with E-state index in [9.17, 15) is 5.11 Å². The van der Waals surface area contributed by atoms with E-state index in [1.165, 1.54) is 44.9 Å². The van der Waals surface area contributed by atoms with E-state index in [-0.39, 0.29) is 5.60 Å². The van der Waals surface area contributed by atoms with Crippen molar-refractivity contribution in [1.82, 2.24) is 0 Å². The monoisotopic (exact) mass is 347 g/mol. The van der Waals surface area contributed by atoms with Crippen LogP contribution in [0.25, 0.3) is 0 Å². The molecule has 0 aromatic carbocycles. The molecule has 4 rings (SSSR count). The van der Waals surface area contributed by atoms with Crippen molar-refractivity contribution in [3.05, 3.63) is 0 Å². The van der Waals surface area contributed by atoms with Crippen LogP contribution in [0.15, 0.2) is 0 Å². The molecule has 0 spiro atoms. The van der Waals surface area contributed by atoms with Crippen LogP contribution in [-0.4, -0.2) is 17.3 Å². The molecule has 4 aliphatic rings. The average molecular weight is 348 g/mol. The Morgan fingerprint density at radius 1 is 1.00 bits per heavy atom. The summed E-state index contributed by atoms with van der Waals surface area (Å²) in [6, 6.07) is 0. The molecule has 25 heavy (non-hydrogen) atoms. The summed E-state index contributed by atoms with van der Waals surface area (Å²) < 4.78 is 0. The van der Waals surface area contributed by atoms with Gasteiger partial charge in [-0.15, -0.1) is 0 Å². The first-order chi connectivity index (χ1) is 11.9. The van der Waals surface area contributed by atoms with Gasteiger partial charge in [-0.3, -0.25) is 0 Å². The largest absolute Gasteiger partial charge is 0.390 e. The first-order valence-corrected chi connectivity index (χ1v) is 11.3. The van der Waals surface area contributed by atoms with Crippen LogP contribution in [0, 0.1) is 46.8 Å². The van der Waals surface area contributed by atoms with Crippen LogP contribution in [0.3, 0.4) is 0 Å². The molecule has 0 bridgehead atoms. The van der Waals surface area contributed by atoms with Gasteiger partial charge >= 0.3 is 0 Å². The van der Waals surface area contributed by atoms with E-state index >= 15 is 0 Å². The Morgan fingerprint density at radius 2 is 1.76 bits per heavy atom. The van der Waals surface area contributed by atoms with Crippen molar-refractivity contribution >= 4 is 0 Å². The maximum Gasteiger partial charge on any atom is 0.0648 e. The summed E-state index contributed by atoms with van der Waals surface area (Å²) in [5.41, 5.74) is 6.29. The van der Waals surface area contributed by atoms with E-state index in [4.69, 9.17) is 5.73 Å². The van der Waals surface area contributed by atoms with Gasteiger partial charge < -0.3 is 10.8 Å². The number of nitrogens with two attached hydrogens (primary N) is 1. The molecular weight excluding hydrogens is 306 g/mol. The van der Waals surface area contributed by atoms with Crippen LogP contribution in [0.2, 0.25) is 0 Å². The Kier molecular flexibility index (Phi) is 4.77. The van der Waals surface area contributed by atoms with Gasteiger partial charge in [0.05, 0.1) is 5.60 Å². The predicted molar refractivity (Wildman–Crippen MR) is 104 cm³/mol. The average Bonchev–Trinajstić information content (AvgIpc) is 2.98. The van der Waals surface area contributed by atoms with Crippen LogP contribution in [-0.2, 0) is 0 Å². The van der Waals surface area contributed by atoms with Gasteiger partial charge in [-0.25, -0.2) is 0 Å². The van der Waals surface area contributed by atoms with Crippen LogP contribution >= 0.6 is 0 Å². The van der Waals surface area contributed by atoms with Crippen LogP contribution < -0.4 is 5.73 Å². The summed E-state index contributed by atoms with van der Waals surface area (Å²) in [5.74, 6) is 6.17. The fraction of sp³-hybridized carbons (Fsp3) is 1.00. The van der Waals surface area contributed by atoms with Crippen LogP contribution in [0.4, 0.5) is 0 Å². The Morgan fingerprint density at radius 3 is 2.48 bits per heavy atom. The molecule has 3 N–H and O–H groups in total. The van der Waals surface area contributed by atoms with Crippen molar-refractivity contribution in [3.63, 3.8) is 0 Å². The number of aliphatic hydroxyl groups is 1. The molecule has 0 aliphatic heterocycles. The summed E-state index contributed by atoms with van der Waals surface area (Å²) in [6.07, 6.45) is 13.0. The molecule has 0 heterocycles. The molecule has 9 atom stereocenters. The van der Waals surface area contributed by atoms with Crippen molar-refractivity contribution in [2.45, 2.75) is 90.6 Å². The molecule has 0 saturated heterocycles. The first-order valence-electron chi connectivity index (χ1n) is 11.3. The molecule has 2 heteroatoms. The molecule has 4 saturated carbocycles. The molecule has 0 amide bonds. The topological polar surface area (TPSA) is 46.2 Å². The van der Waals surface area contributed by atoms with E-state index in [0.29, 0.717) is 11.3 Å². The van der Waals surface area contributed by atoms with Crippen LogP contribution in [0.5, 0.6) is 0 Å². The second-order valence-electron chi connectivity index (χ2n) is 10.7. The third-order valence-corrected chi connectivity index (χ3v) is 9.89. The lowest BCUT2D eigenvalue weighted by Gasteiger charge is -2.57. The summed E-state index contributed by atoms with van der Waals surface area (Å²) >= 11 is 0. The molecule has 0 radical (unpaired) electrons. The SMILES string of the molecule is CC[C@@]1(O)CC[C@@H]2C3CC[C@]4(C)C(C(C)CN)CCC4[C@@H]3CC[C@@H]2C1. The maximum absolute atomic E-state index is 10.8. The highest BCUT2D eigenvalue weighted by molar-refractivity contribution is 5.07. The van der Waals surface area contributed by atoms with Gasteiger partial charge in [0.15, 0.2) is 0 Å². The number of hydrogen-bond donors (Lipinski definition) is 2. The highest BCUT2D eigenvalue weighted by atomic mass is 16.3. The van der Waals surface area contributed by atoms with Crippen molar-refractivity contribution in [2.24, 2.45) is 52.6 Å². The van der Waals surface area contributed by atoms with Gasteiger partial charge in [0.1, 0.15) is 0 Å². The molecule has 0 aromatic heterocycles. The third kappa shape index (κ3) is 2.81.